The summed E-state index contributed by atoms with van der Waals surface area (Å²) in [6, 6.07) is 6.30. The Morgan fingerprint density at radius 1 is 0.724 bits per heavy atom. The Kier molecular flexibility index (Phi) is 18.0. The van der Waals surface area contributed by atoms with Gasteiger partial charge in [0, 0.05) is 44.9 Å². The molecule has 19 nitrogen and oxygen atoms in total. The zero-order valence-corrected chi connectivity index (χ0v) is 45.4. The van der Waals surface area contributed by atoms with Crippen molar-refractivity contribution in [3.8, 4) is 5.69 Å². The zero-order valence-electron chi connectivity index (χ0n) is 45.4. The van der Waals surface area contributed by atoms with Gasteiger partial charge in [-0.25, -0.2) is 28.3 Å². The number of esters is 1. The number of methoxy groups -OCH3 is 2. The fraction of sp³-hybridized carbons (Fsp3) is 0.702. The molecule has 418 valence electrons. The number of Topliss-reactive ketones (excluding diaryl/α,β-unsaturated/α-hetero) is 3. The zero-order chi connectivity index (χ0) is 54.9. The largest absolute Gasteiger partial charge is 0.484 e. The summed E-state index contributed by atoms with van der Waals surface area (Å²) in [7, 11) is 2.84. The third kappa shape index (κ3) is 11.6. The molecule has 1 amide bonds. The Labute approximate surface area is 444 Å². The number of aliphatic hydroxyl groups excluding tert-OH is 2. The van der Waals surface area contributed by atoms with Gasteiger partial charge in [0.05, 0.1) is 48.6 Å². The van der Waals surface area contributed by atoms with Gasteiger partial charge < -0.3 is 43.9 Å². The summed E-state index contributed by atoms with van der Waals surface area (Å²) < 4.78 is 34.7. The normalized spacial score (nSPS) is 37.8. The minimum absolute atomic E-state index is 0.0378. The minimum atomic E-state index is -2.54. The maximum atomic E-state index is 14.6. The molecular formula is C57H80N4O15. The fourth-order valence-electron chi connectivity index (χ4n) is 13.1. The lowest BCUT2D eigenvalue weighted by Crippen LogP contribution is -2.61. The molecule has 7 heterocycles. The van der Waals surface area contributed by atoms with Crippen LogP contribution in [0.4, 0.5) is 0 Å². The van der Waals surface area contributed by atoms with Crippen molar-refractivity contribution in [2.75, 3.05) is 20.8 Å². The number of aliphatic hydroxyl groups is 3. The average Bonchev–Trinajstić information content (AvgIpc) is 3.70. The molecule has 19 heteroatoms. The molecule has 7 aliphatic rings. The Morgan fingerprint density at radius 3 is 2.16 bits per heavy atom. The van der Waals surface area contributed by atoms with Gasteiger partial charge in [-0.2, -0.15) is 0 Å². The van der Waals surface area contributed by atoms with E-state index in [0.29, 0.717) is 75.5 Å². The Hall–Kier alpha value is -5.05. The quantitative estimate of drug-likeness (QED) is 0.206. The molecule has 0 spiro atoms. The summed E-state index contributed by atoms with van der Waals surface area (Å²) in [5, 5.41) is 35.3. The van der Waals surface area contributed by atoms with E-state index in [2.05, 4.69) is 0 Å². The second kappa shape index (κ2) is 23.9. The highest BCUT2D eigenvalue weighted by Crippen LogP contribution is 2.41. The van der Waals surface area contributed by atoms with Crippen LogP contribution < -0.4 is 11.4 Å². The Morgan fingerprint density at radius 2 is 1.45 bits per heavy atom. The van der Waals surface area contributed by atoms with Gasteiger partial charge in [0.2, 0.25) is 11.6 Å². The second-order valence-corrected chi connectivity index (χ2v) is 23.0. The maximum Gasteiger partial charge on any atom is 0.352 e. The summed E-state index contributed by atoms with van der Waals surface area (Å²) in [6.45, 7) is 10.7. The van der Waals surface area contributed by atoms with Gasteiger partial charge in [-0.15, -0.1) is 0 Å². The Balaban J connectivity index is 1.19. The first kappa shape index (κ1) is 57.1. The van der Waals surface area contributed by atoms with Crippen molar-refractivity contribution in [2.24, 2.45) is 35.5 Å². The molecule has 1 aromatic heterocycles. The number of carbonyl (C=O) groups is 5. The van der Waals surface area contributed by atoms with E-state index >= 15 is 0 Å². The number of benzene rings is 1. The molecule has 1 saturated carbocycles. The molecule has 0 radical (unpaired) electrons. The van der Waals surface area contributed by atoms with Crippen LogP contribution in [0.25, 0.3) is 5.69 Å². The summed E-state index contributed by atoms with van der Waals surface area (Å²) in [5.74, 6) is -9.83. The summed E-state index contributed by atoms with van der Waals surface area (Å²) in [4.78, 5) is 103. The van der Waals surface area contributed by atoms with E-state index < -0.39 is 125 Å². The number of carbonyl (C=O) groups excluding carboxylic acids is 5. The predicted octanol–water partition coefficient (Wildman–Crippen LogP) is 5.08. The molecule has 4 fully saturated rings. The van der Waals surface area contributed by atoms with Crippen molar-refractivity contribution in [1.29, 1.82) is 0 Å². The predicted molar refractivity (Wildman–Crippen MR) is 277 cm³/mol. The number of hydrogen-bond acceptors (Lipinski definition) is 15. The highest BCUT2D eigenvalue weighted by molar-refractivity contribution is 6.39. The van der Waals surface area contributed by atoms with Gasteiger partial charge in [-0.1, -0.05) is 58.9 Å². The number of ketones is 3. The van der Waals surface area contributed by atoms with Crippen LogP contribution in [0.1, 0.15) is 144 Å². The van der Waals surface area contributed by atoms with Crippen LogP contribution in [0.2, 0.25) is 0 Å². The van der Waals surface area contributed by atoms with Crippen molar-refractivity contribution in [2.45, 2.75) is 198 Å². The second-order valence-electron chi connectivity index (χ2n) is 23.0. The molecule has 3 saturated heterocycles. The van der Waals surface area contributed by atoms with Crippen LogP contribution in [-0.2, 0) is 47.7 Å². The summed E-state index contributed by atoms with van der Waals surface area (Å²) in [6.07, 6.45) is 1.44. The van der Waals surface area contributed by atoms with E-state index in [4.69, 9.17) is 23.7 Å². The number of allylic oxidation sites excluding steroid dienone is 2. The van der Waals surface area contributed by atoms with E-state index in [0.717, 1.165) is 9.47 Å². The molecule has 1 aromatic carbocycles. The van der Waals surface area contributed by atoms with Crippen molar-refractivity contribution >= 4 is 29.2 Å². The number of aromatic nitrogens is 3. The van der Waals surface area contributed by atoms with Crippen molar-refractivity contribution < 1.29 is 63.0 Å². The number of rotatable bonds is 3. The standard InChI is InChI=1S/C57H80N4O15/c1-31-24-34(4)49(64)51(73-8)50(65)35(5)27-47-44(63)30-46(32(2)25-37-18-22-43(62)48(28-37)74-47)75-54(68)42-16-12-13-23-58(42)53(67)52(66)57(71)36(6)17-20-40(76-57)29-45(72-7)33(3)26-39-19-21-41(31)61-56(70)59(55(69)60(39)61)38-14-10-9-11-15-38/h9-11,14-15,26-27,31-32,34-37,39-43,45-46,48,50-51,62,65,71H,12-13,16-25,28-30H2,1-8H3/t31?,32?,34-,35?,36-,37?,39?,40?,41?,42+,43?,45?,46?,48?,50-,51?,57-/m1/s1. The first-order chi connectivity index (χ1) is 36.2. The third-order valence-electron chi connectivity index (χ3n) is 17.7. The number of nitrogens with zero attached hydrogens (tertiary/aromatic N) is 4. The van der Waals surface area contributed by atoms with Gasteiger partial charge >= 0.3 is 17.3 Å². The lowest BCUT2D eigenvalue weighted by atomic mass is 9.78. The number of hydrogen-bond donors (Lipinski definition) is 3. The topological polar surface area (TPSA) is 244 Å². The first-order valence-electron chi connectivity index (χ1n) is 27.7. The molecule has 6 aliphatic heterocycles. The van der Waals surface area contributed by atoms with E-state index in [1.165, 1.54) is 29.7 Å². The molecule has 3 N–H and O–H groups in total. The first-order valence-corrected chi connectivity index (χ1v) is 27.7. The highest BCUT2D eigenvalue weighted by atomic mass is 16.6. The van der Waals surface area contributed by atoms with Crippen LogP contribution in [0.5, 0.6) is 0 Å². The van der Waals surface area contributed by atoms with Crippen LogP contribution in [0.15, 0.2) is 63.4 Å². The molecule has 8 bridgehead atoms. The van der Waals surface area contributed by atoms with Gasteiger partial charge in [0.15, 0.2) is 11.5 Å². The lowest BCUT2D eigenvalue weighted by molar-refractivity contribution is -0.265. The van der Waals surface area contributed by atoms with E-state index in [1.54, 1.807) is 51.1 Å². The Bertz CT molecular complexity index is 2640. The smallest absolute Gasteiger partial charge is 0.352 e. The monoisotopic (exact) mass is 1060 g/mol. The number of para-hydroxylation sites is 1. The molecule has 12 unspecified atom stereocenters. The number of piperidine rings is 1. The van der Waals surface area contributed by atoms with Crippen LogP contribution in [0, 0.1) is 35.5 Å². The SMILES string of the molecule is COC1CC2CC[C@@H](C)[C@@](O)(O2)C(=O)C(=O)N2CCCC[C@H]2C(=O)OC2CC(=O)C(=CC(C)[C@@H](O)C(OC)C(=O)[C@H](C)CC(C)C3CCC(C=C1C)n1c(=O)n(-c4ccccc4)c(=O)n13)OC1CC(CCC1O)CC2C. The minimum Gasteiger partial charge on any atom is -0.484 e. The van der Waals surface area contributed by atoms with E-state index in [-0.39, 0.29) is 55.7 Å². The van der Waals surface area contributed by atoms with Crippen molar-refractivity contribution in [3.05, 3.63) is 74.8 Å². The van der Waals surface area contributed by atoms with Gasteiger partial charge in [0.1, 0.15) is 24.4 Å². The van der Waals surface area contributed by atoms with Crippen LogP contribution in [-0.4, -0.2) is 139 Å². The van der Waals surface area contributed by atoms with Crippen molar-refractivity contribution in [3.63, 3.8) is 0 Å². The molecule has 76 heavy (non-hydrogen) atoms. The fourth-order valence-corrected chi connectivity index (χ4v) is 13.1. The molecule has 9 rings (SSSR count). The van der Waals surface area contributed by atoms with Gasteiger partial charge in [0.25, 0.3) is 11.7 Å². The maximum absolute atomic E-state index is 14.6. The number of ether oxygens (including phenoxy) is 5. The molecule has 17 atom stereocenters. The van der Waals surface area contributed by atoms with Crippen LogP contribution in [0.3, 0.4) is 0 Å². The van der Waals surface area contributed by atoms with Crippen LogP contribution >= 0.6 is 0 Å². The summed E-state index contributed by atoms with van der Waals surface area (Å²) in [5.41, 5.74) is -0.00547. The van der Waals surface area contributed by atoms with Gasteiger partial charge in [-0.05, 0) is 126 Å². The number of amides is 1. The van der Waals surface area contributed by atoms with E-state index in [9.17, 15) is 48.9 Å². The van der Waals surface area contributed by atoms with E-state index in [1.807, 2.05) is 26.8 Å². The lowest BCUT2D eigenvalue weighted by Gasteiger charge is -2.43. The van der Waals surface area contributed by atoms with Gasteiger partial charge in [-0.3, -0.25) is 19.2 Å². The summed E-state index contributed by atoms with van der Waals surface area (Å²) >= 11 is 0. The third-order valence-corrected chi connectivity index (χ3v) is 17.7. The molecule has 2 aromatic rings. The molecule has 1 aliphatic carbocycles. The molecular weight excluding hydrogens is 981 g/mol. The number of fused-ring (bicyclic) bond motifs is 14. The average molecular weight is 1060 g/mol. The van der Waals surface area contributed by atoms with Crippen molar-refractivity contribution in [1.82, 2.24) is 18.8 Å². The highest BCUT2D eigenvalue weighted by Gasteiger charge is 2.53.